The van der Waals surface area contributed by atoms with Gasteiger partial charge in [0.25, 0.3) is 5.91 Å². The van der Waals surface area contributed by atoms with E-state index in [4.69, 9.17) is 21.1 Å². The van der Waals surface area contributed by atoms with Gasteiger partial charge in [0.1, 0.15) is 5.75 Å². The minimum atomic E-state index is -3.90. The molecule has 0 radical (unpaired) electrons. The fourth-order valence-corrected chi connectivity index (χ4v) is 10.3. The fraction of sp³-hybridized carbons (Fsp3) is 0.583. The monoisotopic (exact) mass is 652 g/mol. The summed E-state index contributed by atoms with van der Waals surface area (Å²) in [4.78, 5) is 16.1. The number of carbonyl (C=O) groups excluding carboxylic acids is 1. The molecule has 1 amide bonds. The van der Waals surface area contributed by atoms with Crippen molar-refractivity contribution in [1.82, 2.24) is 4.72 Å². The quantitative estimate of drug-likeness (QED) is 0.373. The highest BCUT2D eigenvalue weighted by atomic mass is 35.5. The maximum Gasteiger partial charge on any atom is 0.264 e. The van der Waals surface area contributed by atoms with Gasteiger partial charge in [0.2, 0.25) is 10.0 Å². The zero-order valence-electron chi connectivity index (χ0n) is 26.3. The number of benzene rings is 2. The van der Waals surface area contributed by atoms with Gasteiger partial charge >= 0.3 is 0 Å². The second kappa shape index (κ2) is 12.2. The molecule has 2 heterocycles. The molecule has 0 aromatic heterocycles. The van der Waals surface area contributed by atoms with Crippen LogP contribution in [0.5, 0.6) is 5.75 Å². The van der Waals surface area contributed by atoms with Crippen molar-refractivity contribution in [1.29, 1.82) is 0 Å². The predicted octanol–water partition coefficient (Wildman–Crippen LogP) is 6.68. The molecular formula is C36H45ClN2O5S. The van der Waals surface area contributed by atoms with Crippen molar-refractivity contribution >= 4 is 33.2 Å². The van der Waals surface area contributed by atoms with Crippen molar-refractivity contribution in [3.63, 3.8) is 0 Å². The van der Waals surface area contributed by atoms with Gasteiger partial charge in [0, 0.05) is 36.2 Å². The molecule has 5 aliphatic rings. The third-order valence-electron chi connectivity index (χ3n) is 11.3. The fourth-order valence-electron chi connectivity index (χ4n) is 8.38. The van der Waals surface area contributed by atoms with Crippen LogP contribution in [0, 0.1) is 23.7 Å². The molecule has 2 saturated carbocycles. The summed E-state index contributed by atoms with van der Waals surface area (Å²) in [5.74, 6) is 1.22. The Labute approximate surface area is 272 Å². The molecular weight excluding hydrogens is 608 g/mol. The van der Waals surface area contributed by atoms with Crippen molar-refractivity contribution in [2.75, 3.05) is 31.7 Å². The smallest absolute Gasteiger partial charge is 0.264 e. The first-order valence-electron chi connectivity index (χ1n) is 16.7. The summed E-state index contributed by atoms with van der Waals surface area (Å²) < 4.78 is 42.7. The average molecular weight is 653 g/mol. The number of aryl methyl sites for hydroxylation is 1. The summed E-state index contributed by atoms with van der Waals surface area (Å²) in [6, 6.07) is 11.7. The number of fused-ring (bicyclic) bond motifs is 4. The Kier molecular flexibility index (Phi) is 8.45. The minimum Gasteiger partial charge on any atom is -0.490 e. The number of hydrogen-bond donors (Lipinski definition) is 1. The summed E-state index contributed by atoms with van der Waals surface area (Å²) in [5.41, 5.74) is 3.53. The van der Waals surface area contributed by atoms with Gasteiger partial charge in [-0.05, 0) is 110 Å². The summed E-state index contributed by atoms with van der Waals surface area (Å²) in [6.45, 7) is 4.07. The van der Waals surface area contributed by atoms with Gasteiger partial charge in [-0.25, -0.2) is 13.1 Å². The Morgan fingerprint density at radius 2 is 1.98 bits per heavy atom. The summed E-state index contributed by atoms with van der Waals surface area (Å²) >= 11 is 6.43. The van der Waals surface area contributed by atoms with E-state index in [0.717, 1.165) is 74.5 Å². The van der Waals surface area contributed by atoms with Crippen LogP contribution in [0.3, 0.4) is 0 Å². The Balaban J connectivity index is 1.29. The Bertz CT molecular complexity index is 1590. The number of ether oxygens (including phenoxy) is 2. The summed E-state index contributed by atoms with van der Waals surface area (Å²) in [7, 11) is -2.12. The molecule has 2 aromatic rings. The molecule has 9 heteroatoms. The molecule has 1 N–H and O–H groups in total. The zero-order chi connectivity index (χ0) is 31.3. The molecule has 7 rings (SSSR count). The van der Waals surface area contributed by atoms with E-state index in [1.807, 2.05) is 25.1 Å². The summed E-state index contributed by atoms with van der Waals surface area (Å²) in [6.07, 6.45) is 12.8. The first-order chi connectivity index (χ1) is 21.7. The lowest BCUT2D eigenvalue weighted by atomic mass is 9.68. The molecule has 45 heavy (non-hydrogen) atoms. The largest absolute Gasteiger partial charge is 0.490 e. The molecule has 6 atom stereocenters. The molecule has 242 valence electrons. The molecule has 0 unspecified atom stereocenters. The first kappa shape index (κ1) is 31.1. The van der Waals surface area contributed by atoms with Gasteiger partial charge in [-0.2, -0.15) is 0 Å². The maximum absolute atomic E-state index is 13.8. The molecule has 2 bridgehead atoms. The van der Waals surface area contributed by atoms with E-state index in [1.54, 1.807) is 13.2 Å². The Hall–Kier alpha value is -2.55. The molecule has 0 saturated heterocycles. The Morgan fingerprint density at radius 1 is 1.13 bits per heavy atom. The van der Waals surface area contributed by atoms with E-state index in [-0.39, 0.29) is 17.4 Å². The van der Waals surface area contributed by atoms with Crippen molar-refractivity contribution in [2.45, 2.75) is 81.5 Å². The van der Waals surface area contributed by atoms with Crippen LogP contribution in [0.4, 0.5) is 5.69 Å². The standard InChI is InChI=1S/C36H45ClN2O5S/c1-23-5-3-7-32(43-2)29-13-10-27(29)20-39-21-36(16-4-6-25-18-28(37)12-14-30(25)36)22-44-33-15-11-26(19-31(33)39)35(40)38-45(41,42)34(23)17-24-8-9-24/h3,7,11-12,14-15,18-19,23-24,27,29,32,34H,4-6,8-10,13,16-17,20-22H2,1-2H3,(H,38,40)/b7-3+/t23-,27-,29+,32-,34+,36-/m0/s1. The van der Waals surface area contributed by atoms with Crippen LogP contribution in [0.15, 0.2) is 48.6 Å². The number of sulfonamides is 1. The van der Waals surface area contributed by atoms with Crippen molar-refractivity contribution < 1.29 is 22.7 Å². The number of rotatable bonds is 3. The molecule has 2 aromatic carbocycles. The lowest BCUT2D eigenvalue weighted by molar-refractivity contribution is 0.0131. The lowest BCUT2D eigenvalue weighted by Gasteiger charge is -2.46. The van der Waals surface area contributed by atoms with E-state index in [1.165, 1.54) is 11.1 Å². The number of nitrogens with one attached hydrogen (secondary N) is 1. The van der Waals surface area contributed by atoms with Gasteiger partial charge in [-0.1, -0.05) is 49.6 Å². The third kappa shape index (κ3) is 6.15. The second-order valence-corrected chi connectivity index (χ2v) is 16.7. The molecule has 1 spiro atoms. The maximum atomic E-state index is 13.8. The van der Waals surface area contributed by atoms with E-state index in [9.17, 15) is 13.2 Å². The number of carbonyl (C=O) groups is 1. The van der Waals surface area contributed by atoms with Crippen LogP contribution >= 0.6 is 11.6 Å². The number of methoxy groups -OCH3 is 1. The molecule has 2 aliphatic heterocycles. The predicted molar refractivity (Wildman–Crippen MR) is 178 cm³/mol. The highest BCUT2D eigenvalue weighted by Crippen LogP contribution is 2.47. The second-order valence-electron chi connectivity index (χ2n) is 14.3. The average Bonchev–Trinajstić information content (AvgIpc) is 3.84. The van der Waals surface area contributed by atoms with Crippen LogP contribution in [0.2, 0.25) is 5.02 Å². The minimum absolute atomic E-state index is 0.0254. The van der Waals surface area contributed by atoms with Crippen molar-refractivity contribution in [3.05, 3.63) is 70.3 Å². The van der Waals surface area contributed by atoms with E-state index in [2.05, 4.69) is 33.9 Å². The van der Waals surface area contributed by atoms with Crippen LogP contribution < -0.4 is 14.4 Å². The Morgan fingerprint density at radius 3 is 2.73 bits per heavy atom. The number of anilines is 1. The lowest BCUT2D eigenvalue weighted by Crippen LogP contribution is -2.49. The van der Waals surface area contributed by atoms with Gasteiger partial charge in [-0.15, -0.1) is 0 Å². The molecule has 3 aliphatic carbocycles. The van der Waals surface area contributed by atoms with Crippen LogP contribution in [-0.4, -0.2) is 52.5 Å². The topological polar surface area (TPSA) is 84.9 Å². The van der Waals surface area contributed by atoms with Crippen LogP contribution in [-0.2, 0) is 26.6 Å². The van der Waals surface area contributed by atoms with E-state index in [0.29, 0.717) is 42.8 Å². The van der Waals surface area contributed by atoms with Crippen LogP contribution in [0.25, 0.3) is 0 Å². The molecule has 2 fully saturated rings. The van der Waals surface area contributed by atoms with Crippen molar-refractivity contribution in [3.8, 4) is 5.75 Å². The van der Waals surface area contributed by atoms with Gasteiger partial charge in [-0.3, -0.25) is 4.79 Å². The summed E-state index contributed by atoms with van der Waals surface area (Å²) in [5, 5.41) is 0.119. The highest BCUT2D eigenvalue weighted by molar-refractivity contribution is 7.90. The zero-order valence-corrected chi connectivity index (χ0v) is 27.9. The normalized spacial score (nSPS) is 33.5. The van der Waals surface area contributed by atoms with Crippen LogP contribution in [0.1, 0.15) is 79.8 Å². The van der Waals surface area contributed by atoms with Gasteiger partial charge < -0.3 is 14.4 Å². The number of allylic oxidation sites excluding steroid dienone is 1. The van der Waals surface area contributed by atoms with E-state index >= 15 is 0 Å². The number of amides is 1. The molecule has 7 nitrogen and oxygen atoms in total. The van der Waals surface area contributed by atoms with Gasteiger partial charge in [0.15, 0.2) is 0 Å². The number of hydrogen-bond acceptors (Lipinski definition) is 6. The third-order valence-corrected chi connectivity index (χ3v) is 13.4. The van der Waals surface area contributed by atoms with Crippen molar-refractivity contribution in [2.24, 2.45) is 23.7 Å². The SMILES string of the molecule is CO[C@H]1/C=C/C[C@H](C)[C@@H](CC2CC2)S(=O)(=O)NC(=O)c2ccc3c(c2)N(C[C@@H]2CC[C@H]21)C[C@@]1(CCCc2cc(Cl)ccc21)CO3. The highest BCUT2D eigenvalue weighted by Gasteiger charge is 2.45. The number of halogens is 1. The van der Waals surface area contributed by atoms with Gasteiger partial charge in [0.05, 0.1) is 23.6 Å². The first-order valence-corrected chi connectivity index (χ1v) is 18.6. The number of nitrogens with zero attached hydrogens (tertiary/aromatic N) is 1. The van der Waals surface area contributed by atoms with E-state index < -0.39 is 21.2 Å².